The highest BCUT2D eigenvalue weighted by atomic mass is 32.2. The van der Waals surface area contributed by atoms with Gasteiger partial charge < -0.3 is 9.64 Å². The minimum absolute atomic E-state index is 0.128. The predicted molar refractivity (Wildman–Crippen MR) is 77.8 cm³/mol. The molecule has 126 valence electrons. The number of hydrogen-bond donors (Lipinski definition) is 1. The van der Waals surface area contributed by atoms with E-state index in [4.69, 9.17) is 12.4 Å². The maximum absolute atomic E-state index is 12.7. The molecule has 1 unspecified atom stereocenters. The van der Waals surface area contributed by atoms with Gasteiger partial charge in [-0.05, 0) is 12.1 Å². The molecule has 1 aromatic carbocycles. The van der Waals surface area contributed by atoms with Crippen LogP contribution in [-0.4, -0.2) is 58.9 Å². The number of halogens is 3. The van der Waals surface area contributed by atoms with Gasteiger partial charge in [0.05, 0.1) is 5.56 Å². The molecular weight excluding hydrogens is 338 g/mol. The SMILES string of the molecule is [B]c1cc(C(=O)OC(CS(=O)(=O)O)C(F)(F)F)ccc1N(C)C. The van der Waals surface area contributed by atoms with Crippen LogP contribution in [-0.2, 0) is 14.9 Å². The highest BCUT2D eigenvalue weighted by Gasteiger charge is 2.45. The van der Waals surface area contributed by atoms with Gasteiger partial charge in [0.1, 0.15) is 13.6 Å². The molecule has 0 fully saturated rings. The first-order chi connectivity index (χ1) is 10.3. The summed E-state index contributed by atoms with van der Waals surface area (Å²) >= 11 is 0. The van der Waals surface area contributed by atoms with E-state index in [1.807, 2.05) is 0 Å². The van der Waals surface area contributed by atoms with E-state index >= 15 is 0 Å². The fourth-order valence-electron chi connectivity index (χ4n) is 1.67. The summed E-state index contributed by atoms with van der Waals surface area (Å²) in [6, 6.07) is 3.70. The zero-order chi connectivity index (χ0) is 18.0. The fourth-order valence-corrected chi connectivity index (χ4v) is 2.31. The normalized spacial score (nSPS) is 13.5. The van der Waals surface area contributed by atoms with Gasteiger partial charge in [0, 0.05) is 19.8 Å². The number of alkyl halides is 3. The van der Waals surface area contributed by atoms with Crippen LogP contribution in [0.3, 0.4) is 0 Å². The number of esters is 1. The Balaban J connectivity index is 3.02. The molecule has 0 aromatic heterocycles. The quantitative estimate of drug-likeness (QED) is 0.473. The predicted octanol–water partition coefficient (Wildman–Crippen LogP) is 0.522. The standard InChI is InChI=1S/C12H13BF3NO5S/c1-17(2)9-4-3-7(5-8(9)13)11(18)22-10(12(14,15)16)6-23(19,20)21/h3-5,10H,6H2,1-2H3,(H,19,20,21). The first kappa shape index (κ1) is 19.3. The molecule has 23 heavy (non-hydrogen) atoms. The number of carbonyl (C=O) groups is 1. The molecule has 0 aliphatic heterocycles. The van der Waals surface area contributed by atoms with Crippen LogP contribution in [0.25, 0.3) is 0 Å². The van der Waals surface area contributed by atoms with Crippen molar-refractivity contribution in [1.82, 2.24) is 0 Å². The van der Waals surface area contributed by atoms with Gasteiger partial charge in [-0.25, -0.2) is 4.79 Å². The number of ether oxygens (including phenoxy) is 1. The number of benzene rings is 1. The van der Waals surface area contributed by atoms with Gasteiger partial charge >= 0.3 is 12.1 Å². The first-order valence-electron chi connectivity index (χ1n) is 6.11. The zero-order valence-corrected chi connectivity index (χ0v) is 13.0. The van der Waals surface area contributed by atoms with Crippen molar-refractivity contribution < 1.29 is 35.7 Å². The van der Waals surface area contributed by atoms with Crippen molar-refractivity contribution in [3.8, 4) is 0 Å². The van der Waals surface area contributed by atoms with Crippen molar-refractivity contribution in [2.45, 2.75) is 12.3 Å². The summed E-state index contributed by atoms with van der Waals surface area (Å²) < 4.78 is 72.0. The van der Waals surface area contributed by atoms with E-state index in [1.165, 1.54) is 12.1 Å². The Bertz CT molecular complexity index is 690. The average molecular weight is 351 g/mol. The largest absolute Gasteiger partial charge is 0.448 e. The van der Waals surface area contributed by atoms with Gasteiger partial charge in [0.15, 0.2) is 0 Å². The summed E-state index contributed by atoms with van der Waals surface area (Å²) in [5.74, 6) is -3.19. The first-order valence-corrected chi connectivity index (χ1v) is 7.72. The van der Waals surface area contributed by atoms with Crippen LogP contribution in [0.1, 0.15) is 10.4 Å². The van der Waals surface area contributed by atoms with Gasteiger partial charge in [-0.15, -0.1) is 0 Å². The van der Waals surface area contributed by atoms with Gasteiger partial charge in [0.25, 0.3) is 10.1 Å². The monoisotopic (exact) mass is 351 g/mol. The van der Waals surface area contributed by atoms with Crippen LogP contribution in [0.15, 0.2) is 18.2 Å². The van der Waals surface area contributed by atoms with Crippen LogP contribution in [0.4, 0.5) is 18.9 Å². The third kappa shape index (κ3) is 5.75. The molecule has 1 aromatic rings. The van der Waals surface area contributed by atoms with E-state index in [1.54, 1.807) is 19.0 Å². The highest BCUT2D eigenvalue weighted by molar-refractivity contribution is 7.85. The summed E-state index contributed by atoms with van der Waals surface area (Å²) in [6.07, 6.45) is -8.14. The number of nitrogens with zero attached hydrogens (tertiary/aromatic N) is 1. The lowest BCUT2D eigenvalue weighted by Crippen LogP contribution is -2.39. The van der Waals surface area contributed by atoms with Crippen molar-refractivity contribution in [3.05, 3.63) is 23.8 Å². The second-order valence-corrected chi connectivity index (χ2v) is 6.35. The molecule has 0 aliphatic rings. The Morgan fingerprint density at radius 3 is 2.35 bits per heavy atom. The van der Waals surface area contributed by atoms with Crippen LogP contribution in [0.5, 0.6) is 0 Å². The summed E-state index contributed by atoms with van der Waals surface area (Å²) in [6.45, 7) is 0. The Labute approximate surface area is 132 Å². The van der Waals surface area contributed by atoms with E-state index in [-0.39, 0.29) is 11.0 Å². The molecule has 1 atom stereocenters. The van der Waals surface area contributed by atoms with Gasteiger partial charge in [-0.2, -0.15) is 21.6 Å². The van der Waals surface area contributed by atoms with Crippen LogP contribution < -0.4 is 10.4 Å². The van der Waals surface area contributed by atoms with Crippen molar-refractivity contribution in [2.24, 2.45) is 0 Å². The van der Waals surface area contributed by atoms with E-state index in [9.17, 15) is 26.4 Å². The van der Waals surface area contributed by atoms with E-state index in [0.717, 1.165) is 6.07 Å². The second kappa shape index (κ2) is 6.79. The molecular formula is C12H13BF3NO5S. The fraction of sp³-hybridized carbons (Fsp3) is 0.417. The molecule has 1 N–H and O–H groups in total. The highest BCUT2D eigenvalue weighted by Crippen LogP contribution is 2.25. The summed E-state index contributed by atoms with van der Waals surface area (Å²) in [5, 5.41) is 0. The van der Waals surface area contributed by atoms with E-state index in [0.29, 0.717) is 5.69 Å². The Morgan fingerprint density at radius 1 is 1.39 bits per heavy atom. The van der Waals surface area contributed by atoms with Crippen LogP contribution in [0, 0.1) is 0 Å². The average Bonchev–Trinajstić information content (AvgIpc) is 2.34. The summed E-state index contributed by atoms with van der Waals surface area (Å²) in [4.78, 5) is 13.4. The third-order valence-electron chi connectivity index (χ3n) is 2.72. The Hall–Kier alpha value is -1.75. The smallest absolute Gasteiger partial charge is 0.426 e. The second-order valence-electron chi connectivity index (χ2n) is 4.85. The van der Waals surface area contributed by atoms with E-state index < -0.39 is 34.1 Å². The third-order valence-corrected chi connectivity index (χ3v) is 3.45. The minimum atomic E-state index is -5.15. The molecule has 0 aliphatic carbocycles. The Morgan fingerprint density at radius 2 is 1.96 bits per heavy atom. The number of anilines is 1. The maximum atomic E-state index is 12.7. The van der Waals surface area contributed by atoms with Crippen LogP contribution >= 0.6 is 0 Å². The van der Waals surface area contributed by atoms with Crippen molar-refractivity contribution in [3.63, 3.8) is 0 Å². The lowest BCUT2D eigenvalue weighted by molar-refractivity contribution is -0.197. The molecule has 0 saturated heterocycles. The lowest BCUT2D eigenvalue weighted by Gasteiger charge is -2.20. The van der Waals surface area contributed by atoms with Gasteiger partial charge in [-0.3, -0.25) is 4.55 Å². The number of rotatable bonds is 5. The summed E-state index contributed by atoms with van der Waals surface area (Å²) in [5.41, 5.74) is 0.382. The minimum Gasteiger partial charge on any atom is -0.448 e. The topological polar surface area (TPSA) is 83.9 Å². The number of carbonyl (C=O) groups excluding carboxylic acids is 1. The summed E-state index contributed by atoms with van der Waals surface area (Å²) in [7, 11) is 4.03. The molecule has 2 radical (unpaired) electrons. The molecule has 0 heterocycles. The molecule has 6 nitrogen and oxygen atoms in total. The maximum Gasteiger partial charge on any atom is 0.426 e. The molecule has 0 saturated carbocycles. The van der Waals surface area contributed by atoms with Gasteiger partial charge in [-0.1, -0.05) is 11.5 Å². The molecule has 0 spiro atoms. The van der Waals surface area contributed by atoms with Crippen LogP contribution in [0.2, 0.25) is 0 Å². The molecule has 11 heteroatoms. The Kier molecular flexibility index (Phi) is 5.70. The molecule has 0 amide bonds. The molecule has 1 rings (SSSR count). The molecule has 0 bridgehead atoms. The zero-order valence-electron chi connectivity index (χ0n) is 12.2. The van der Waals surface area contributed by atoms with E-state index in [2.05, 4.69) is 4.74 Å². The van der Waals surface area contributed by atoms with Crippen molar-refractivity contribution in [2.75, 3.05) is 24.7 Å². The number of hydrogen-bond acceptors (Lipinski definition) is 5. The van der Waals surface area contributed by atoms with Gasteiger partial charge in [0.2, 0.25) is 6.10 Å². The van der Waals surface area contributed by atoms with Crippen molar-refractivity contribution >= 4 is 35.1 Å². The van der Waals surface area contributed by atoms with Crippen molar-refractivity contribution in [1.29, 1.82) is 0 Å². The lowest BCUT2D eigenvalue weighted by atomic mass is 9.91.